The van der Waals surface area contributed by atoms with Crippen LogP contribution in [0.4, 0.5) is 4.79 Å². The van der Waals surface area contributed by atoms with Crippen LogP contribution in [0.3, 0.4) is 0 Å². The molecular formula is CNO5-. The summed E-state index contributed by atoms with van der Waals surface area (Å²) in [6.07, 6.45) is -1.96. The van der Waals surface area contributed by atoms with Gasteiger partial charge >= 0.3 is 0 Å². The van der Waals surface area contributed by atoms with Crippen LogP contribution in [0.2, 0.25) is 0 Å². The first-order valence-electron chi connectivity index (χ1n) is 1.14. The molecule has 0 radical (unpaired) electrons. The molecule has 0 saturated carbocycles. The molecule has 0 heterocycles. The SMILES string of the molecule is O=NOOC(=O)[O-]. The van der Waals surface area contributed by atoms with Crippen molar-refractivity contribution in [2.45, 2.75) is 0 Å². The number of hydrogen-bond acceptors (Lipinski definition) is 6. The van der Waals surface area contributed by atoms with Crippen LogP contribution in [0.1, 0.15) is 0 Å². The number of carbonyl (C=O) groups is 1. The molecule has 0 aliphatic heterocycles. The maximum absolute atomic E-state index is 9.10. The Hall–Kier alpha value is -1.33. The molecule has 0 aromatic rings. The van der Waals surface area contributed by atoms with E-state index in [0.29, 0.717) is 0 Å². The van der Waals surface area contributed by atoms with E-state index in [1.165, 1.54) is 0 Å². The Labute approximate surface area is 37.5 Å². The molecule has 0 fully saturated rings. The van der Waals surface area contributed by atoms with Gasteiger partial charge in [0.2, 0.25) is 0 Å². The smallest absolute Gasteiger partial charge is 0.294 e. The predicted molar refractivity (Wildman–Crippen MR) is 13.4 cm³/mol. The van der Waals surface area contributed by atoms with Crippen molar-refractivity contribution in [2.24, 2.45) is 5.34 Å². The minimum atomic E-state index is -1.96. The second kappa shape index (κ2) is 2.88. The first-order valence-corrected chi connectivity index (χ1v) is 1.14. The van der Waals surface area contributed by atoms with Gasteiger partial charge in [0, 0.05) is 0 Å². The highest BCUT2D eigenvalue weighted by Gasteiger charge is 1.77. The zero-order valence-electron chi connectivity index (χ0n) is 2.99. The monoisotopic (exact) mass is 106 g/mol. The Morgan fingerprint density at radius 1 is 1.71 bits per heavy atom. The fraction of sp³-hybridized carbons (Fsp3) is 0. The zero-order chi connectivity index (χ0) is 5.70. The van der Waals surface area contributed by atoms with Gasteiger partial charge in [0.15, 0.2) is 5.34 Å². The summed E-state index contributed by atoms with van der Waals surface area (Å²) in [5.74, 6) is 0. The van der Waals surface area contributed by atoms with Crippen molar-refractivity contribution in [3.8, 4) is 0 Å². The molecule has 0 atom stereocenters. The Balaban J connectivity index is 2.97. The van der Waals surface area contributed by atoms with Crippen LogP contribution in [0.5, 0.6) is 0 Å². The van der Waals surface area contributed by atoms with Gasteiger partial charge in [0.05, 0.1) is 0 Å². The van der Waals surface area contributed by atoms with E-state index in [4.69, 9.17) is 14.8 Å². The van der Waals surface area contributed by atoms with Gasteiger partial charge in [0.1, 0.15) is 0 Å². The quantitative estimate of drug-likeness (QED) is 0.255. The second-order valence-corrected chi connectivity index (χ2v) is 0.482. The van der Waals surface area contributed by atoms with Crippen molar-refractivity contribution in [1.82, 2.24) is 0 Å². The van der Waals surface area contributed by atoms with Crippen molar-refractivity contribution < 1.29 is 19.8 Å². The highest BCUT2D eigenvalue weighted by molar-refractivity contribution is 5.52. The van der Waals surface area contributed by atoms with E-state index >= 15 is 0 Å². The Morgan fingerprint density at radius 2 is 2.29 bits per heavy atom. The topological polar surface area (TPSA) is 88.0 Å². The van der Waals surface area contributed by atoms with E-state index < -0.39 is 6.16 Å². The number of carbonyl (C=O) groups excluding carboxylic acids is 1. The average Bonchev–Trinajstić information content (AvgIpc) is 1.61. The maximum atomic E-state index is 9.10. The third kappa shape index (κ3) is 4.67. The number of nitrogens with zero attached hydrogens (tertiary/aromatic N) is 1. The van der Waals surface area contributed by atoms with Gasteiger partial charge in [0.25, 0.3) is 6.16 Å². The van der Waals surface area contributed by atoms with Gasteiger partial charge in [-0.1, -0.05) is 0 Å². The summed E-state index contributed by atoms with van der Waals surface area (Å²) in [6.45, 7) is 0. The summed E-state index contributed by atoms with van der Waals surface area (Å²) in [6, 6.07) is 0. The largest absolute Gasteiger partial charge is 0.423 e. The fourth-order valence-corrected chi connectivity index (χ4v) is 0.0456. The number of hydrogen-bond donors (Lipinski definition) is 0. The minimum absolute atomic E-state index is 1.58. The molecule has 0 aromatic carbocycles. The molecule has 0 rings (SSSR count). The molecule has 6 nitrogen and oxygen atoms in total. The van der Waals surface area contributed by atoms with Gasteiger partial charge in [-0.05, 0) is 0 Å². The number of carboxylic acid groups (broad SMARTS) is 1. The maximum Gasteiger partial charge on any atom is 0.294 e. The Morgan fingerprint density at radius 3 is 2.43 bits per heavy atom. The molecule has 0 aliphatic carbocycles. The molecule has 0 bridgehead atoms. The summed E-state index contributed by atoms with van der Waals surface area (Å²) < 4.78 is 0. The van der Waals surface area contributed by atoms with Crippen LogP contribution >= 0.6 is 0 Å². The molecule has 0 aromatic heterocycles. The zero-order valence-corrected chi connectivity index (χ0v) is 2.99. The van der Waals surface area contributed by atoms with Crippen molar-refractivity contribution in [3.05, 3.63) is 4.91 Å². The molecule has 40 valence electrons. The van der Waals surface area contributed by atoms with Gasteiger partial charge in [-0.25, -0.2) is 0 Å². The van der Waals surface area contributed by atoms with E-state index in [1.54, 1.807) is 5.34 Å². The van der Waals surface area contributed by atoms with Crippen LogP contribution in [0.15, 0.2) is 5.34 Å². The molecule has 0 unspecified atom stereocenters. The standard InChI is InChI=1S/CHNO5/c3-1(4)6-7-2-5/h(H,3,4)/p-1. The van der Waals surface area contributed by atoms with Crippen molar-refractivity contribution in [3.63, 3.8) is 0 Å². The van der Waals surface area contributed by atoms with Crippen molar-refractivity contribution in [1.29, 1.82) is 0 Å². The lowest BCUT2D eigenvalue weighted by Crippen LogP contribution is -2.22. The summed E-state index contributed by atoms with van der Waals surface area (Å²) in [4.78, 5) is 23.9. The van der Waals surface area contributed by atoms with Gasteiger partial charge in [-0.15, -0.1) is 4.91 Å². The fourth-order valence-electron chi connectivity index (χ4n) is 0.0456. The van der Waals surface area contributed by atoms with Crippen LogP contribution in [0.25, 0.3) is 0 Å². The molecule has 0 saturated heterocycles. The first-order chi connectivity index (χ1) is 3.27. The van der Waals surface area contributed by atoms with E-state index in [0.717, 1.165) is 0 Å². The van der Waals surface area contributed by atoms with Crippen molar-refractivity contribution in [2.75, 3.05) is 0 Å². The average molecular weight is 106 g/mol. The molecule has 0 amide bonds. The van der Waals surface area contributed by atoms with E-state index in [1.807, 2.05) is 0 Å². The summed E-state index contributed by atoms with van der Waals surface area (Å²) in [5, 5.41) is 10.7. The third-order valence-corrected chi connectivity index (χ3v) is 0.136. The van der Waals surface area contributed by atoms with E-state index in [9.17, 15) is 0 Å². The lowest BCUT2D eigenvalue weighted by atomic mass is 11.4. The third-order valence-electron chi connectivity index (χ3n) is 0.136. The summed E-state index contributed by atoms with van der Waals surface area (Å²) in [5.41, 5.74) is 0. The van der Waals surface area contributed by atoms with Crippen molar-refractivity contribution >= 4 is 6.16 Å². The highest BCUT2D eigenvalue weighted by atomic mass is 17.3. The predicted octanol–water partition coefficient (Wildman–Crippen LogP) is -1.04. The van der Waals surface area contributed by atoms with Gasteiger partial charge in [-0.3, -0.25) is 0 Å². The van der Waals surface area contributed by atoms with Crippen LogP contribution < -0.4 is 5.11 Å². The highest BCUT2D eigenvalue weighted by Crippen LogP contribution is 1.73. The second-order valence-electron chi connectivity index (χ2n) is 0.482. The first kappa shape index (κ1) is 5.67. The molecular weight excluding hydrogens is 106 g/mol. The summed E-state index contributed by atoms with van der Waals surface area (Å²) >= 11 is 0. The number of rotatable bonds is 2. The normalized spacial score (nSPS) is 6.86. The van der Waals surface area contributed by atoms with Crippen LogP contribution in [-0.4, -0.2) is 6.16 Å². The summed E-state index contributed by atoms with van der Waals surface area (Å²) in [7, 11) is 0. The molecule has 0 spiro atoms. The molecule has 7 heavy (non-hydrogen) atoms. The molecule has 6 heteroatoms. The van der Waals surface area contributed by atoms with Crippen LogP contribution in [0, 0.1) is 4.91 Å². The Bertz CT molecular complexity index is 78.1. The van der Waals surface area contributed by atoms with E-state index in [-0.39, 0.29) is 0 Å². The van der Waals surface area contributed by atoms with Gasteiger partial charge in [-0.2, -0.15) is 4.99 Å². The minimum Gasteiger partial charge on any atom is -0.423 e. The van der Waals surface area contributed by atoms with Gasteiger partial charge < -0.3 is 14.8 Å². The Kier molecular flexibility index (Phi) is 2.34. The lowest BCUT2D eigenvalue weighted by Gasteiger charge is -1.95. The molecule has 0 aliphatic rings. The molecule has 0 N–H and O–H groups in total. The van der Waals surface area contributed by atoms with E-state index in [2.05, 4.69) is 9.88 Å². The lowest BCUT2D eigenvalue weighted by molar-refractivity contribution is -0.362. The van der Waals surface area contributed by atoms with Crippen LogP contribution in [-0.2, 0) is 9.88 Å².